The summed E-state index contributed by atoms with van der Waals surface area (Å²) in [5, 5.41) is 0.0560. The SMILES string of the molecule is C=C(C)C(=O)OCC(F)(F)OC(F)(F)OC(F)(F)OC(F)(F)CSc1ccc2cc(-c3ccc(CCCCC)cc3C(F)(F)F)c(=O)oc2c1. The summed E-state index contributed by atoms with van der Waals surface area (Å²) in [5.74, 6) is -3.20. The lowest BCUT2D eigenvalue weighted by Gasteiger charge is -2.27. The number of unbranched alkanes of at least 4 members (excludes halogenated alkanes) is 2. The lowest BCUT2D eigenvalue weighted by molar-refractivity contribution is -0.572. The Balaban J connectivity index is 1.72. The Bertz CT molecular complexity index is 1740. The van der Waals surface area contributed by atoms with Crippen LogP contribution in [0.5, 0.6) is 0 Å². The van der Waals surface area contributed by atoms with E-state index >= 15 is 0 Å². The molecule has 1 heterocycles. The standard InChI is InChI=1S/C31H27F11O7S/c1-4-5-6-7-18-8-11-21(23(12-18)29(36,37)38)22-13-19-9-10-20(14-24(19)46-26(22)44)50-16-28(34,35)48-31(41,42)49-30(39,40)47-27(32,33)15-45-25(43)17(2)3/h8-14H,2,4-7,15-16H2,1,3H3. The molecule has 7 nitrogen and oxygen atoms in total. The molecule has 1 aromatic heterocycles. The van der Waals surface area contributed by atoms with Crippen LogP contribution in [0.15, 0.2) is 68.7 Å². The Labute approximate surface area is 280 Å². The fraction of sp³-hybridized carbons (Fsp3) is 0.419. The fourth-order valence-corrected chi connectivity index (χ4v) is 4.94. The number of alkyl halides is 11. The number of fused-ring (bicyclic) bond motifs is 1. The van der Waals surface area contributed by atoms with Crippen LogP contribution in [0.3, 0.4) is 0 Å². The third-order valence-electron chi connectivity index (χ3n) is 6.36. The zero-order valence-corrected chi connectivity index (χ0v) is 26.7. The van der Waals surface area contributed by atoms with Gasteiger partial charge < -0.3 is 9.15 Å². The number of carbonyl (C=O) groups excluding carboxylic acids is 1. The minimum Gasteiger partial charge on any atom is -0.453 e. The molecule has 0 aliphatic rings. The molecule has 0 fully saturated rings. The summed E-state index contributed by atoms with van der Waals surface area (Å²) in [6.45, 7) is 3.77. The molecule has 50 heavy (non-hydrogen) atoms. The molecule has 0 radical (unpaired) electrons. The summed E-state index contributed by atoms with van der Waals surface area (Å²) in [6.07, 6.45) is -24.1. The van der Waals surface area contributed by atoms with Crippen LogP contribution in [0.25, 0.3) is 22.1 Å². The van der Waals surface area contributed by atoms with E-state index in [0.717, 1.165) is 50.1 Å². The second-order valence-electron chi connectivity index (χ2n) is 10.6. The largest absolute Gasteiger partial charge is 0.496 e. The summed E-state index contributed by atoms with van der Waals surface area (Å²) in [6, 6.07) is 7.87. The van der Waals surface area contributed by atoms with Crippen molar-refractivity contribution >= 4 is 28.7 Å². The third kappa shape index (κ3) is 12.0. The monoisotopic (exact) mass is 752 g/mol. The Morgan fingerprint density at radius 2 is 1.46 bits per heavy atom. The molecule has 0 amide bonds. The van der Waals surface area contributed by atoms with Gasteiger partial charge in [-0.15, -0.1) is 29.3 Å². The van der Waals surface area contributed by atoms with Crippen molar-refractivity contribution in [3.63, 3.8) is 0 Å². The van der Waals surface area contributed by atoms with Crippen molar-refractivity contribution in [1.29, 1.82) is 0 Å². The van der Waals surface area contributed by atoms with E-state index < -0.39 is 77.2 Å². The number of hydrogen-bond donors (Lipinski definition) is 0. The van der Waals surface area contributed by atoms with E-state index in [1.165, 1.54) is 12.1 Å². The average Bonchev–Trinajstić information content (AvgIpc) is 2.96. The highest BCUT2D eigenvalue weighted by atomic mass is 32.2. The first-order valence-electron chi connectivity index (χ1n) is 14.3. The van der Waals surface area contributed by atoms with Gasteiger partial charge in [-0.2, -0.15) is 30.7 Å². The van der Waals surface area contributed by atoms with Gasteiger partial charge in [-0.05, 0) is 49.6 Å². The molecule has 2 aromatic carbocycles. The molecular weight excluding hydrogens is 725 g/mol. The van der Waals surface area contributed by atoms with Crippen LogP contribution >= 0.6 is 11.8 Å². The van der Waals surface area contributed by atoms with Crippen molar-refractivity contribution in [2.75, 3.05) is 12.4 Å². The maximum Gasteiger partial charge on any atom is 0.496 e. The van der Waals surface area contributed by atoms with Gasteiger partial charge in [0.15, 0.2) is 6.61 Å². The minimum atomic E-state index is -5.95. The number of benzene rings is 2. The number of thioether (sulfide) groups is 1. The molecule has 276 valence electrons. The first-order chi connectivity index (χ1) is 22.9. The van der Waals surface area contributed by atoms with Gasteiger partial charge in [-0.3, -0.25) is 0 Å². The Morgan fingerprint density at radius 1 is 0.820 bits per heavy atom. The fourth-order valence-electron chi connectivity index (χ4n) is 4.19. The summed E-state index contributed by atoms with van der Waals surface area (Å²) in [5.41, 5.74) is -3.50. The molecule has 0 saturated heterocycles. The van der Waals surface area contributed by atoms with Crippen LogP contribution in [0.2, 0.25) is 0 Å². The van der Waals surface area contributed by atoms with Crippen molar-refractivity contribution in [1.82, 2.24) is 0 Å². The van der Waals surface area contributed by atoms with Gasteiger partial charge in [0.05, 0.1) is 16.9 Å². The highest BCUT2D eigenvalue weighted by molar-refractivity contribution is 7.99. The molecule has 0 atom stereocenters. The summed E-state index contributed by atoms with van der Waals surface area (Å²) < 4.78 is 170. The third-order valence-corrected chi connectivity index (χ3v) is 7.42. The van der Waals surface area contributed by atoms with Crippen LogP contribution < -0.4 is 5.63 Å². The number of carbonyl (C=O) groups is 1. The van der Waals surface area contributed by atoms with Crippen molar-refractivity contribution in [2.24, 2.45) is 0 Å². The van der Waals surface area contributed by atoms with E-state index in [1.54, 1.807) is 0 Å². The molecule has 3 rings (SSSR count). The first-order valence-corrected chi connectivity index (χ1v) is 15.3. The van der Waals surface area contributed by atoms with Crippen LogP contribution in [0, 0.1) is 0 Å². The van der Waals surface area contributed by atoms with Crippen LogP contribution in [0.4, 0.5) is 48.3 Å². The lowest BCUT2D eigenvalue weighted by atomic mass is 9.95. The van der Waals surface area contributed by atoms with E-state index in [2.05, 4.69) is 25.5 Å². The van der Waals surface area contributed by atoms with E-state index in [9.17, 15) is 57.9 Å². The molecule has 3 aromatic rings. The average molecular weight is 753 g/mol. The normalized spacial score (nSPS) is 13.1. The molecule has 0 aliphatic heterocycles. The predicted molar refractivity (Wildman–Crippen MR) is 156 cm³/mol. The number of halogens is 11. The van der Waals surface area contributed by atoms with Crippen LogP contribution in [-0.4, -0.2) is 43.1 Å². The van der Waals surface area contributed by atoms with Gasteiger partial charge >= 0.3 is 42.6 Å². The molecule has 19 heteroatoms. The highest BCUT2D eigenvalue weighted by Crippen LogP contribution is 2.40. The molecule has 0 saturated carbocycles. The maximum atomic E-state index is 14.2. The predicted octanol–water partition coefficient (Wildman–Crippen LogP) is 9.76. The number of rotatable bonds is 17. The second kappa shape index (κ2) is 15.7. The zero-order valence-electron chi connectivity index (χ0n) is 25.9. The summed E-state index contributed by atoms with van der Waals surface area (Å²) >= 11 is 0.0753. The van der Waals surface area contributed by atoms with Gasteiger partial charge in [0.2, 0.25) is 0 Å². The Kier molecular flexibility index (Phi) is 12.8. The first kappa shape index (κ1) is 40.7. The topological polar surface area (TPSA) is 84.2 Å². The maximum absolute atomic E-state index is 14.2. The van der Waals surface area contributed by atoms with Crippen molar-refractivity contribution < 1.29 is 76.5 Å². The molecule has 0 N–H and O–H groups in total. The van der Waals surface area contributed by atoms with Gasteiger partial charge in [0.1, 0.15) is 5.58 Å². The summed E-state index contributed by atoms with van der Waals surface area (Å²) in [7, 11) is 0. The van der Waals surface area contributed by atoms with Crippen molar-refractivity contribution in [2.45, 2.75) is 75.4 Å². The molecule has 0 unspecified atom stereocenters. The van der Waals surface area contributed by atoms with Crippen LogP contribution in [0.1, 0.15) is 44.2 Å². The number of ether oxygens (including phenoxy) is 4. The lowest BCUT2D eigenvalue weighted by Crippen LogP contribution is -2.46. The summed E-state index contributed by atoms with van der Waals surface area (Å²) in [4.78, 5) is 23.7. The van der Waals surface area contributed by atoms with E-state index in [1.807, 2.05) is 6.92 Å². The van der Waals surface area contributed by atoms with Gasteiger partial charge in [-0.25, -0.2) is 23.8 Å². The Morgan fingerprint density at radius 3 is 2.06 bits per heavy atom. The van der Waals surface area contributed by atoms with Crippen molar-refractivity contribution in [3.05, 3.63) is 76.2 Å². The highest BCUT2D eigenvalue weighted by Gasteiger charge is 2.57. The Hall–Kier alpha value is -3.68. The zero-order chi connectivity index (χ0) is 37.7. The van der Waals surface area contributed by atoms with Gasteiger partial charge in [-0.1, -0.05) is 44.5 Å². The van der Waals surface area contributed by atoms with Crippen molar-refractivity contribution in [3.8, 4) is 11.1 Å². The van der Waals surface area contributed by atoms with Gasteiger partial charge in [0, 0.05) is 21.4 Å². The number of hydrogen-bond acceptors (Lipinski definition) is 8. The molecule has 0 bridgehead atoms. The van der Waals surface area contributed by atoms with E-state index in [4.69, 9.17) is 4.42 Å². The molecular formula is C31H27F11O7S. The minimum absolute atomic E-state index is 0.0560. The smallest absolute Gasteiger partial charge is 0.453 e. The quantitative estimate of drug-likeness (QED) is 0.0257. The second-order valence-corrected chi connectivity index (χ2v) is 11.7. The van der Waals surface area contributed by atoms with E-state index in [0.29, 0.717) is 18.4 Å². The number of aryl methyl sites for hydroxylation is 1. The van der Waals surface area contributed by atoms with Gasteiger partial charge in [0.25, 0.3) is 0 Å². The molecule has 0 spiro atoms. The molecule has 0 aliphatic carbocycles. The number of esters is 1. The van der Waals surface area contributed by atoms with E-state index in [-0.39, 0.29) is 27.6 Å². The van der Waals surface area contributed by atoms with Crippen LogP contribution in [-0.2, 0) is 36.3 Å².